The van der Waals surface area contributed by atoms with E-state index in [9.17, 15) is 29.1 Å². The predicted molar refractivity (Wildman–Crippen MR) is 197 cm³/mol. The summed E-state index contributed by atoms with van der Waals surface area (Å²) in [7, 11) is 0. The van der Waals surface area contributed by atoms with Crippen LogP contribution in [0.5, 0.6) is 11.5 Å². The summed E-state index contributed by atoms with van der Waals surface area (Å²) >= 11 is 0. The van der Waals surface area contributed by atoms with Crippen molar-refractivity contribution in [2.24, 2.45) is 0 Å². The van der Waals surface area contributed by atoms with E-state index in [1.54, 1.807) is 6.07 Å². The molecule has 0 aliphatic carbocycles. The first-order valence-electron chi connectivity index (χ1n) is 17.3. The van der Waals surface area contributed by atoms with Gasteiger partial charge < -0.3 is 44.2 Å². The molecule has 0 spiro atoms. The van der Waals surface area contributed by atoms with Crippen LogP contribution in [-0.2, 0) is 28.5 Å². The van der Waals surface area contributed by atoms with Crippen molar-refractivity contribution >= 4 is 30.1 Å². The Morgan fingerprint density at radius 2 is 0.962 bits per heavy atom. The molecule has 53 heavy (non-hydrogen) atoms. The molecule has 1 aromatic rings. The van der Waals surface area contributed by atoms with E-state index in [2.05, 4.69) is 36.9 Å². The molecule has 16 heteroatoms. The average Bonchev–Trinajstić information content (AvgIpc) is 3.14. The Morgan fingerprint density at radius 3 is 1.34 bits per heavy atom. The molecule has 0 atom stereocenters. The maximum atomic E-state index is 12.2. The van der Waals surface area contributed by atoms with Gasteiger partial charge in [-0.2, -0.15) is 0 Å². The highest BCUT2D eigenvalue weighted by Crippen LogP contribution is 2.24. The maximum Gasteiger partial charge on any atom is 0.407 e. The van der Waals surface area contributed by atoms with E-state index in [1.807, 2.05) is 9.80 Å². The third kappa shape index (κ3) is 23.7. The van der Waals surface area contributed by atoms with Crippen LogP contribution in [0, 0.1) is 0 Å². The number of carboxylic acid groups (broad SMARTS) is 1. The monoisotopic (exact) mass is 746 g/mol. The Hall–Kier alpha value is -5.35. The summed E-state index contributed by atoms with van der Waals surface area (Å²) in [5.74, 6) is -1.41. The number of nitrogens with one attached hydrogen (secondary N) is 2. The molecule has 0 aromatic heterocycles. The molecule has 0 saturated carbocycles. The van der Waals surface area contributed by atoms with Crippen LogP contribution in [0.2, 0.25) is 0 Å². The number of nitrogens with zero attached hydrogens (tertiary/aromatic N) is 2. The van der Waals surface area contributed by atoms with Crippen molar-refractivity contribution < 1.29 is 57.5 Å². The number of carbonyl (C=O) groups excluding carboxylic acids is 4. The fourth-order valence-corrected chi connectivity index (χ4v) is 4.48. The van der Waals surface area contributed by atoms with E-state index in [-0.39, 0.29) is 58.3 Å². The Kier molecular flexibility index (Phi) is 25.2. The third-order valence-electron chi connectivity index (χ3n) is 6.84. The molecule has 3 N–H and O–H groups in total. The summed E-state index contributed by atoms with van der Waals surface area (Å²) in [5.41, 5.74) is -0.0195. The number of esters is 2. The third-order valence-corrected chi connectivity index (χ3v) is 6.84. The zero-order valence-electron chi connectivity index (χ0n) is 30.4. The van der Waals surface area contributed by atoms with Gasteiger partial charge in [-0.3, -0.25) is 19.4 Å². The second-order valence-electron chi connectivity index (χ2n) is 11.2. The van der Waals surface area contributed by atoms with Crippen LogP contribution < -0.4 is 20.1 Å². The van der Waals surface area contributed by atoms with Gasteiger partial charge >= 0.3 is 30.1 Å². The smallest absolute Gasteiger partial charge is 0.407 e. The van der Waals surface area contributed by atoms with E-state index < -0.39 is 30.1 Å². The van der Waals surface area contributed by atoms with Crippen molar-refractivity contribution in [3.05, 3.63) is 74.4 Å². The fraction of sp³-hybridized carbons (Fsp3) is 0.486. The second-order valence-corrected chi connectivity index (χ2v) is 11.2. The lowest BCUT2D eigenvalue weighted by Gasteiger charge is -2.22. The average molecular weight is 747 g/mol. The lowest BCUT2D eigenvalue weighted by Crippen LogP contribution is -2.35. The van der Waals surface area contributed by atoms with Crippen LogP contribution in [0.15, 0.2) is 68.8 Å². The molecule has 0 radical (unpaired) electrons. The van der Waals surface area contributed by atoms with Crippen molar-refractivity contribution in [2.45, 2.75) is 25.7 Å². The number of carboxylic acids is 1. The van der Waals surface area contributed by atoms with Gasteiger partial charge in [0.2, 0.25) is 0 Å². The molecule has 16 nitrogen and oxygen atoms in total. The molecule has 0 aliphatic heterocycles. The Bertz CT molecular complexity index is 1230. The largest absolute Gasteiger partial charge is 0.493 e. The Balaban J connectivity index is 2.72. The summed E-state index contributed by atoms with van der Waals surface area (Å²) in [6, 6.07) is 4.39. The first-order valence-corrected chi connectivity index (χ1v) is 17.3. The lowest BCUT2D eigenvalue weighted by molar-refractivity contribution is -0.144. The highest BCUT2D eigenvalue weighted by molar-refractivity contribution is 5.88. The van der Waals surface area contributed by atoms with Crippen molar-refractivity contribution in [3.8, 4) is 11.5 Å². The quantitative estimate of drug-likeness (QED) is 0.0432. The molecule has 294 valence electrons. The van der Waals surface area contributed by atoms with Crippen molar-refractivity contribution in [2.75, 3.05) is 92.0 Å². The summed E-state index contributed by atoms with van der Waals surface area (Å²) < 4.78 is 31.8. The molecule has 0 heterocycles. The van der Waals surface area contributed by atoms with Crippen molar-refractivity contribution in [1.82, 2.24) is 20.4 Å². The minimum atomic E-state index is -1.15. The summed E-state index contributed by atoms with van der Waals surface area (Å²) in [4.78, 5) is 63.4. The number of hydrogen-bond acceptors (Lipinski definition) is 13. The van der Waals surface area contributed by atoms with E-state index in [0.717, 1.165) is 0 Å². The molecule has 1 rings (SSSR count). The van der Waals surface area contributed by atoms with Crippen LogP contribution in [0.25, 0.3) is 0 Å². The number of aromatic carboxylic acids is 1. The van der Waals surface area contributed by atoms with Crippen molar-refractivity contribution in [3.63, 3.8) is 0 Å². The van der Waals surface area contributed by atoms with Gasteiger partial charge in [0.1, 0.15) is 37.9 Å². The Labute approximate surface area is 311 Å². The zero-order valence-corrected chi connectivity index (χ0v) is 30.4. The van der Waals surface area contributed by atoms with Crippen LogP contribution in [0.1, 0.15) is 36.0 Å². The number of alkyl carbamates (subject to hydrolysis) is 2. The van der Waals surface area contributed by atoms with Crippen LogP contribution in [0.4, 0.5) is 9.59 Å². The van der Waals surface area contributed by atoms with Gasteiger partial charge in [-0.25, -0.2) is 14.4 Å². The standard InChI is InChI=1S/C37H54N4O12/c1-5-19-50-33(42)28-40(15-9-13-38-36(46)52-21-7-3)17-11-23-48-31-25-30(35(44)45)26-32(27-31)49-24-12-18-41(29-34(43)51-20-6-2)16-10-14-39-37(47)53-22-8-4/h5-8,25-27H,1-4,9-24,28-29H2,(H,38,46)(H,39,47)(H,44,45). The molecule has 1 aromatic carbocycles. The molecule has 0 saturated heterocycles. The second kappa shape index (κ2) is 29.3. The first-order chi connectivity index (χ1) is 25.6. The summed E-state index contributed by atoms with van der Waals surface area (Å²) in [5, 5.41) is 14.9. The predicted octanol–water partition coefficient (Wildman–Crippen LogP) is 3.59. The van der Waals surface area contributed by atoms with Gasteiger partial charge in [0.25, 0.3) is 0 Å². The van der Waals surface area contributed by atoms with Crippen molar-refractivity contribution in [1.29, 1.82) is 0 Å². The topological polar surface area (TPSA) is 192 Å². The Morgan fingerprint density at radius 1 is 0.585 bits per heavy atom. The van der Waals surface area contributed by atoms with Gasteiger partial charge in [0, 0.05) is 45.3 Å². The van der Waals surface area contributed by atoms with Gasteiger partial charge in [-0.05, 0) is 37.8 Å². The van der Waals surface area contributed by atoms with Crippen LogP contribution in [-0.4, -0.2) is 137 Å². The first kappa shape index (κ1) is 45.7. The molecule has 0 fully saturated rings. The van der Waals surface area contributed by atoms with E-state index in [4.69, 9.17) is 28.4 Å². The van der Waals surface area contributed by atoms with Gasteiger partial charge in [0.05, 0.1) is 31.9 Å². The fourth-order valence-electron chi connectivity index (χ4n) is 4.48. The normalized spacial score (nSPS) is 10.5. The molecule has 2 amide bonds. The van der Waals surface area contributed by atoms with Gasteiger partial charge in [-0.15, -0.1) is 0 Å². The van der Waals surface area contributed by atoms with E-state index in [0.29, 0.717) is 76.5 Å². The van der Waals surface area contributed by atoms with Gasteiger partial charge in [-0.1, -0.05) is 50.6 Å². The number of ether oxygens (including phenoxy) is 6. The number of hydrogen-bond donors (Lipinski definition) is 3. The molecular formula is C37H54N4O12. The van der Waals surface area contributed by atoms with Crippen LogP contribution >= 0.6 is 0 Å². The van der Waals surface area contributed by atoms with E-state index >= 15 is 0 Å². The zero-order chi connectivity index (χ0) is 39.1. The van der Waals surface area contributed by atoms with E-state index in [1.165, 1.54) is 36.4 Å². The number of carbonyl (C=O) groups is 5. The SMILES string of the molecule is C=CCOC(=O)CN(CCCNC(=O)OCC=C)CCCOc1cc(OCCCN(CCCNC(=O)OCC=C)CC(=O)OCC=C)cc(C(=O)O)c1. The lowest BCUT2D eigenvalue weighted by atomic mass is 10.2. The molecule has 0 bridgehead atoms. The summed E-state index contributed by atoms with van der Waals surface area (Å²) in [6.07, 6.45) is 6.84. The molecule has 0 aliphatic rings. The molecule has 0 unspecified atom stereocenters. The summed E-state index contributed by atoms with van der Waals surface area (Å²) in [6.45, 7) is 17.5. The highest BCUT2D eigenvalue weighted by Gasteiger charge is 2.15. The highest BCUT2D eigenvalue weighted by atomic mass is 16.6. The minimum absolute atomic E-state index is 0.0195. The van der Waals surface area contributed by atoms with Crippen LogP contribution in [0.3, 0.4) is 0 Å². The minimum Gasteiger partial charge on any atom is -0.493 e. The number of rotatable bonds is 31. The molecular weight excluding hydrogens is 692 g/mol. The number of benzene rings is 1. The number of amides is 2. The van der Waals surface area contributed by atoms with Gasteiger partial charge in [0.15, 0.2) is 0 Å². The maximum absolute atomic E-state index is 12.2.